The molecule has 6 aliphatic carbocycles. The molecule has 21 aromatic rings. The number of nitrogens with zero attached hydrogens (tertiary/aromatic N) is 2. The highest BCUT2D eigenvalue weighted by Crippen LogP contribution is 2.61. The third kappa shape index (κ3) is 14.6. The van der Waals surface area contributed by atoms with E-state index < -0.39 is 0 Å². The standard InChI is InChI=1S/C75H59N.C69H55N/c1-73(2)67-42-55(50-20-14-9-15-21-50)30-36-61(67)64-39-33-58(45-70(64)73)76(59-34-40-65-62-37-31-56(43-68(62)74(3,4)71(65)46-59)53-26-22-51(23-27-53)48-16-10-7-11-17-48)60-35-41-66-63-38-32-57(44-69(63)75(5,6)72(66)47-60)54-28-24-52(25-29-54)49-18-12-8-13-19-49;1-67(2)61-20-14-13-19-55(61)58-36-31-52(41-64(58)67)70(53-32-37-59-56-34-29-50(39-62(56)68(3,4)65(59)42-53)48-25-21-46(22-26-48)44-15-9-7-10-16-44)54-33-38-60-57-35-30-51(40-63(57)69(5,6)66(60)43-54)49-27-23-47(24-28-49)45-17-11-8-12-18-45/h7-47H,1-6H3;7-43H,1-6H3. The van der Waals surface area contributed by atoms with Gasteiger partial charge in [-0.25, -0.2) is 0 Å². The van der Waals surface area contributed by atoms with Crippen LogP contribution in [-0.2, 0) is 32.5 Å². The molecule has 6 aliphatic rings. The molecule has 0 N–H and O–H groups in total. The van der Waals surface area contributed by atoms with Crippen LogP contribution in [0.5, 0.6) is 0 Å². The van der Waals surface area contributed by atoms with Crippen molar-refractivity contribution in [2.24, 2.45) is 0 Å². The summed E-state index contributed by atoms with van der Waals surface area (Å²) in [5, 5.41) is 0. The summed E-state index contributed by atoms with van der Waals surface area (Å²) in [5.41, 5.74) is 60.3. The fraction of sp³-hybridized carbons (Fsp3) is 0.125. The molecule has 0 bridgehead atoms. The van der Waals surface area contributed by atoms with Crippen molar-refractivity contribution in [1.82, 2.24) is 0 Å². The summed E-state index contributed by atoms with van der Waals surface area (Å²) in [4.78, 5) is 5.06. The van der Waals surface area contributed by atoms with Crippen LogP contribution in [0.2, 0.25) is 0 Å². The number of fused-ring (bicyclic) bond motifs is 18. The van der Waals surface area contributed by atoms with Gasteiger partial charge in [0, 0.05) is 66.6 Å². The zero-order chi connectivity index (χ0) is 99.0. The largest absolute Gasteiger partial charge is 0.310 e. The van der Waals surface area contributed by atoms with Crippen LogP contribution in [-0.4, -0.2) is 0 Å². The number of anilines is 6. The molecule has 0 unspecified atom stereocenters. The summed E-state index contributed by atoms with van der Waals surface area (Å²) >= 11 is 0. The first-order valence-corrected chi connectivity index (χ1v) is 51.9. The Morgan fingerprint density at radius 2 is 0.226 bits per heavy atom. The van der Waals surface area contributed by atoms with E-state index in [-0.39, 0.29) is 32.5 Å². The van der Waals surface area contributed by atoms with Gasteiger partial charge in [-0.3, -0.25) is 0 Å². The first-order valence-electron chi connectivity index (χ1n) is 51.9. The highest BCUT2D eigenvalue weighted by molar-refractivity contribution is 5.97. The molecule has 0 saturated heterocycles. The van der Waals surface area contributed by atoms with Crippen molar-refractivity contribution >= 4 is 34.1 Å². The normalized spacial score (nSPS) is 14.6. The molecule has 146 heavy (non-hydrogen) atoms. The fourth-order valence-electron chi connectivity index (χ4n) is 25.5. The molecular weight excluding hydrogens is 1760 g/mol. The number of rotatable bonds is 15. The Morgan fingerprint density at radius 3 is 0.418 bits per heavy atom. The quantitative estimate of drug-likeness (QED) is 0.101. The maximum atomic E-state index is 2.53. The second-order valence-corrected chi connectivity index (χ2v) is 44.3. The summed E-state index contributed by atoms with van der Waals surface area (Å²) in [6.45, 7) is 28.8. The van der Waals surface area contributed by atoms with Crippen molar-refractivity contribution < 1.29 is 0 Å². The van der Waals surface area contributed by atoms with Gasteiger partial charge in [0.1, 0.15) is 0 Å². The molecule has 0 amide bonds. The predicted molar refractivity (Wildman–Crippen MR) is 617 cm³/mol. The van der Waals surface area contributed by atoms with E-state index in [1.54, 1.807) is 0 Å². The van der Waals surface area contributed by atoms with Gasteiger partial charge in [-0.05, 0) is 337 Å². The molecule has 21 aromatic carbocycles. The minimum absolute atomic E-state index is 0.129. The van der Waals surface area contributed by atoms with Crippen LogP contribution in [0.25, 0.3) is 167 Å². The van der Waals surface area contributed by atoms with Crippen molar-refractivity contribution in [3.8, 4) is 167 Å². The van der Waals surface area contributed by atoms with Crippen LogP contribution in [0.15, 0.2) is 473 Å². The van der Waals surface area contributed by atoms with E-state index in [0.717, 1.165) is 17.1 Å². The van der Waals surface area contributed by atoms with E-state index in [2.05, 4.69) is 566 Å². The molecule has 0 heterocycles. The lowest BCUT2D eigenvalue weighted by molar-refractivity contribution is 0.659. The summed E-state index contributed by atoms with van der Waals surface area (Å²) in [5.74, 6) is 0. The maximum absolute atomic E-state index is 2.53. The molecule has 0 radical (unpaired) electrons. The van der Waals surface area contributed by atoms with E-state index in [0.29, 0.717) is 0 Å². The van der Waals surface area contributed by atoms with Gasteiger partial charge in [-0.1, -0.05) is 453 Å². The Balaban J connectivity index is 0.000000149. The summed E-state index contributed by atoms with van der Waals surface area (Å²) in [6.07, 6.45) is 0. The topological polar surface area (TPSA) is 6.48 Å². The fourth-order valence-corrected chi connectivity index (χ4v) is 25.5. The first-order chi connectivity index (χ1) is 70.9. The lowest BCUT2D eigenvalue weighted by Crippen LogP contribution is -2.19. The Morgan fingerprint density at radius 1 is 0.103 bits per heavy atom. The summed E-state index contributed by atoms with van der Waals surface area (Å²) in [7, 11) is 0. The SMILES string of the molecule is CC1(C)c2cc(-c3ccccc3)ccc2-c2ccc(N(c3ccc4c(c3)C(C)(C)c3cc(-c5ccc(-c6ccccc6)cc5)ccc3-4)c3ccc4c(c3)C(C)(C)c3cc(-c5ccc(-c6ccccc6)cc5)ccc3-4)cc21.CC1(C)c2ccccc2-c2ccc(N(c3ccc4c(c3)C(C)(C)c3cc(-c5ccc(-c6ccccc6)cc5)ccc3-4)c3ccc4c(c3)C(C)(C)c3cc(-c5ccc(-c6ccccc6)cc5)ccc3-4)cc21. The van der Waals surface area contributed by atoms with E-state index >= 15 is 0 Å². The number of hydrogen-bond acceptors (Lipinski definition) is 2. The smallest absolute Gasteiger partial charge is 0.0465 e. The summed E-state index contributed by atoms with van der Waals surface area (Å²) in [6, 6.07) is 177. The molecule has 0 spiro atoms. The van der Waals surface area contributed by atoms with Crippen LogP contribution < -0.4 is 9.80 Å². The van der Waals surface area contributed by atoms with E-state index in [4.69, 9.17) is 0 Å². The van der Waals surface area contributed by atoms with E-state index in [9.17, 15) is 0 Å². The predicted octanol–water partition coefficient (Wildman–Crippen LogP) is 39.2. The second-order valence-electron chi connectivity index (χ2n) is 44.3. The van der Waals surface area contributed by atoms with Gasteiger partial charge in [-0.15, -0.1) is 0 Å². The van der Waals surface area contributed by atoms with Gasteiger partial charge < -0.3 is 9.80 Å². The Bertz CT molecular complexity index is 8430. The zero-order valence-electron chi connectivity index (χ0n) is 84.9. The summed E-state index contributed by atoms with van der Waals surface area (Å²) < 4.78 is 0. The molecular formula is C144H114N2. The third-order valence-corrected chi connectivity index (χ3v) is 33.8. The zero-order valence-corrected chi connectivity index (χ0v) is 84.9. The molecule has 27 rings (SSSR count). The molecule has 0 atom stereocenters. The second kappa shape index (κ2) is 34.0. The molecule has 700 valence electrons. The van der Waals surface area contributed by atoms with Gasteiger partial charge in [-0.2, -0.15) is 0 Å². The number of benzene rings is 21. The van der Waals surface area contributed by atoms with Gasteiger partial charge in [0.15, 0.2) is 0 Å². The molecule has 0 saturated carbocycles. The molecule has 0 aliphatic heterocycles. The van der Waals surface area contributed by atoms with Crippen LogP contribution in [0.4, 0.5) is 34.1 Å². The van der Waals surface area contributed by atoms with Crippen LogP contribution in [0, 0.1) is 0 Å². The minimum atomic E-state index is -0.231. The molecule has 2 heteroatoms. The highest BCUT2D eigenvalue weighted by Gasteiger charge is 2.45. The van der Waals surface area contributed by atoms with Crippen molar-refractivity contribution in [3.63, 3.8) is 0 Å². The van der Waals surface area contributed by atoms with Crippen LogP contribution >= 0.6 is 0 Å². The molecule has 2 nitrogen and oxygen atoms in total. The van der Waals surface area contributed by atoms with Gasteiger partial charge in [0.25, 0.3) is 0 Å². The third-order valence-electron chi connectivity index (χ3n) is 33.8. The van der Waals surface area contributed by atoms with Gasteiger partial charge in [0.05, 0.1) is 0 Å². The van der Waals surface area contributed by atoms with Crippen LogP contribution in [0.3, 0.4) is 0 Å². The highest BCUT2D eigenvalue weighted by atomic mass is 15.1. The Hall–Kier alpha value is -16.8. The lowest BCUT2D eigenvalue weighted by Gasteiger charge is -2.31. The molecule has 0 fully saturated rings. The maximum Gasteiger partial charge on any atom is 0.0465 e. The van der Waals surface area contributed by atoms with Crippen molar-refractivity contribution in [2.45, 2.75) is 116 Å². The van der Waals surface area contributed by atoms with E-state index in [1.807, 2.05) is 0 Å². The first kappa shape index (κ1) is 89.3. The van der Waals surface area contributed by atoms with Crippen molar-refractivity contribution in [3.05, 3.63) is 540 Å². The van der Waals surface area contributed by atoms with Gasteiger partial charge in [0.2, 0.25) is 0 Å². The lowest BCUT2D eigenvalue weighted by atomic mass is 9.80. The minimum Gasteiger partial charge on any atom is -0.310 e. The van der Waals surface area contributed by atoms with Gasteiger partial charge >= 0.3 is 0 Å². The monoisotopic (exact) mass is 1870 g/mol. The van der Waals surface area contributed by atoms with Crippen molar-refractivity contribution in [1.29, 1.82) is 0 Å². The average molecular weight is 1870 g/mol. The van der Waals surface area contributed by atoms with Crippen molar-refractivity contribution in [2.75, 3.05) is 9.80 Å². The Kier molecular flexibility index (Phi) is 20.8. The van der Waals surface area contributed by atoms with E-state index in [1.165, 1.54) is 251 Å². The number of hydrogen-bond donors (Lipinski definition) is 0. The molecule has 0 aromatic heterocycles. The van der Waals surface area contributed by atoms with Crippen LogP contribution in [0.1, 0.15) is 150 Å². The Labute approximate surface area is 860 Å². The average Bonchev–Trinajstić information content (AvgIpc) is 1.58.